The van der Waals surface area contributed by atoms with Gasteiger partial charge in [0.25, 0.3) is 5.91 Å². The van der Waals surface area contributed by atoms with Gasteiger partial charge >= 0.3 is 6.03 Å². The monoisotopic (exact) mass is 426 g/mol. The predicted molar refractivity (Wildman–Crippen MR) is 112 cm³/mol. The number of likely N-dealkylation sites (N-methyl/N-ethyl adjacent to an activating group) is 1. The lowest BCUT2D eigenvalue weighted by Gasteiger charge is -2.34. The molecule has 0 saturated heterocycles. The number of urea groups is 1. The zero-order valence-electron chi connectivity index (χ0n) is 17.7. The van der Waals surface area contributed by atoms with Crippen molar-refractivity contribution in [3.05, 3.63) is 23.8 Å². The van der Waals surface area contributed by atoms with Crippen LogP contribution in [0.4, 0.5) is 10.5 Å². The summed E-state index contributed by atoms with van der Waals surface area (Å²) in [5.41, 5.74) is 0.777. The average molecular weight is 427 g/mol. The molecule has 0 spiro atoms. The van der Waals surface area contributed by atoms with Gasteiger partial charge in [0.2, 0.25) is 10.0 Å². The minimum Gasteiger partial charge on any atom is -0.488 e. The number of benzene rings is 1. The van der Waals surface area contributed by atoms with Crippen LogP contribution in [0.25, 0.3) is 0 Å². The van der Waals surface area contributed by atoms with Crippen LogP contribution in [0.2, 0.25) is 0 Å². The minimum atomic E-state index is -3.36. The molecule has 10 heteroatoms. The van der Waals surface area contributed by atoms with E-state index in [1.807, 2.05) is 20.8 Å². The first-order valence-corrected chi connectivity index (χ1v) is 11.3. The number of sulfonamides is 1. The van der Waals surface area contributed by atoms with Crippen molar-refractivity contribution in [3.63, 3.8) is 0 Å². The number of ether oxygens (including phenoxy) is 1. The zero-order chi connectivity index (χ0) is 21.9. The summed E-state index contributed by atoms with van der Waals surface area (Å²) >= 11 is 0. The lowest BCUT2D eigenvalue weighted by atomic mass is 10.0. The summed E-state index contributed by atoms with van der Waals surface area (Å²) in [6.07, 6.45) is 0.705. The van der Waals surface area contributed by atoms with Crippen molar-refractivity contribution in [2.45, 2.75) is 32.9 Å². The Morgan fingerprint density at radius 2 is 2.03 bits per heavy atom. The first kappa shape index (κ1) is 23.0. The Bertz CT molecular complexity index is 871. The second kappa shape index (κ2) is 9.00. The fourth-order valence-corrected chi connectivity index (χ4v) is 3.45. The van der Waals surface area contributed by atoms with Crippen LogP contribution in [0, 0.1) is 5.92 Å². The van der Waals surface area contributed by atoms with Gasteiger partial charge in [-0.25, -0.2) is 17.5 Å². The molecular formula is C19H30N4O5S. The van der Waals surface area contributed by atoms with Gasteiger partial charge in [-0.15, -0.1) is 0 Å². The van der Waals surface area contributed by atoms with Gasteiger partial charge in [-0.2, -0.15) is 0 Å². The van der Waals surface area contributed by atoms with Crippen LogP contribution >= 0.6 is 0 Å². The topological polar surface area (TPSA) is 108 Å². The van der Waals surface area contributed by atoms with E-state index in [9.17, 15) is 18.0 Å². The first-order chi connectivity index (χ1) is 13.4. The third kappa shape index (κ3) is 6.07. The van der Waals surface area contributed by atoms with Crippen molar-refractivity contribution in [1.82, 2.24) is 14.5 Å². The highest BCUT2D eigenvalue weighted by Gasteiger charge is 2.31. The van der Waals surface area contributed by atoms with E-state index in [1.165, 1.54) is 11.4 Å². The lowest BCUT2D eigenvalue weighted by molar-refractivity contribution is 0.0605. The van der Waals surface area contributed by atoms with Crippen LogP contribution in [0.5, 0.6) is 5.75 Å². The van der Waals surface area contributed by atoms with Gasteiger partial charge < -0.3 is 20.3 Å². The summed E-state index contributed by atoms with van der Waals surface area (Å²) in [4.78, 5) is 26.4. The van der Waals surface area contributed by atoms with Gasteiger partial charge in [0, 0.05) is 38.3 Å². The minimum absolute atomic E-state index is 0.0236. The van der Waals surface area contributed by atoms with E-state index in [0.717, 1.165) is 6.26 Å². The molecule has 0 fully saturated rings. The van der Waals surface area contributed by atoms with Crippen LogP contribution in [-0.2, 0) is 10.0 Å². The maximum absolute atomic E-state index is 12.9. The second-order valence-electron chi connectivity index (χ2n) is 7.83. The molecular weight excluding hydrogens is 396 g/mol. The number of anilines is 1. The molecule has 0 saturated carbocycles. The lowest BCUT2D eigenvalue weighted by Crippen LogP contribution is -2.46. The molecule has 162 valence electrons. The first-order valence-electron chi connectivity index (χ1n) is 9.43. The Hall–Kier alpha value is -2.33. The van der Waals surface area contributed by atoms with E-state index >= 15 is 0 Å². The Labute approximate surface area is 172 Å². The van der Waals surface area contributed by atoms with Crippen molar-refractivity contribution in [3.8, 4) is 5.75 Å². The van der Waals surface area contributed by atoms with Crippen molar-refractivity contribution < 1.29 is 22.7 Å². The standard InChI is InChI=1S/C19H30N4O5S/c1-12(2)20-19(25)21-14-7-8-16-15(9-14)18(24)22(4)10-13(3)17(28-16)11-23(5)29(6,26)27/h7-9,12-13,17H,10-11H2,1-6H3,(H2,20,21,25)/t13-,17-/m1/s1. The molecule has 0 aliphatic carbocycles. The molecule has 0 bridgehead atoms. The number of hydrogen-bond acceptors (Lipinski definition) is 5. The number of carbonyl (C=O) groups excluding carboxylic acids is 2. The smallest absolute Gasteiger partial charge is 0.319 e. The molecule has 0 aromatic heterocycles. The summed E-state index contributed by atoms with van der Waals surface area (Å²) in [5.74, 6) is 0.0423. The second-order valence-corrected chi connectivity index (χ2v) is 9.92. The molecule has 1 aromatic carbocycles. The molecule has 1 aromatic rings. The van der Waals surface area contributed by atoms with E-state index in [0.29, 0.717) is 23.5 Å². The molecule has 0 radical (unpaired) electrons. The molecule has 2 atom stereocenters. The van der Waals surface area contributed by atoms with Crippen LogP contribution in [-0.4, -0.2) is 75.1 Å². The van der Waals surface area contributed by atoms with Crippen LogP contribution in [0.1, 0.15) is 31.1 Å². The number of nitrogens with one attached hydrogen (secondary N) is 2. The SMILES string of the molecule is CC(C)NC(=O)Nc1ccc2c(c1)C(=O)N(C)C[C@@H](C)[C@@H](CN(C)S(C)(=O)=O)O2. The Morgan fingerprint density at radius 3 is 2.62 bits per heavy atom. The van der Waals surface area contributed by atoms with E-state index in [1.54, 1.807) is 30.1 Å². The van der Waals surface area contributed by atoms with Crippen molar-refractivity contribution in [1.29, 1.82) is 0 Å². The summed E-state index contributed by atoms with van der Waals surface area (Å²) in [6, 6.07) is 4.45. The molecule has 3 amide bonds. The largest absolute Gasteiger partial charge is 0.488 e. The fraction of sp³-hybridized carbons (Fsp3) is 0.579. The molecule has 9 nitrogen and oxygen atoms in total. The van der Waals surface area contributed by atoms with Gasteiger partial charge in [0.15, 0.2) is 0 Å². The van der Waals surface area contributed by atoms with E-state index in [4.69, 9.17) is 4.74 Å². The highest BCUT2D eigenvalue weighted by molar-refractivity contribution is 7.88. The van der Waals surface area contributed by atoms with Gasteiger partial charge in [-0.3, -0.25) is 4.79 Å². The molecule has 29 heavy (non-hydrogen) atoms. The summed E-state index contributed by atoms with van der Waals surface area (Å²) in [6.45, 7) is 6.19. The van der Waals surface area contributed by atoms with Gasteiger partial charge in [0.1, 0.15) is 11.9 Å². The van der Waals surface area contributed by atoms with E-state index in [2.05, 4.69) is 10.6 Å². The zero-order valence-corrected chi connectivity index (χ0v) is 18.5. The molecule has 2 rings (SSSR count). The van der Waals surface area contributed by atoms with Crippen molar-refractivity contribution >= 4 is 27.6 Å². The number of nitrogens with zero attached hydrogens (tertiary/aromatic N) is 2. The summed E-state index contributed by atoms with van der Waals surface area (Å²) in [5, 5.41) is 5.43. The Balaban J connectivity index is 2.32. The maximum atomic E-state index is 12.9. The number of amides is 3. The van der Waals surface area contributed by atoms with Crippen molar-refractivity contribution in [2.75, 3.05) is 38.8 Å². The molecule has 1 aliphatic rings. The number of fused-ring (bicyclic) bond motifs is 1. The van der Waals surface area contributed by atoms with E-state index in [-0.39, 0.29) is 30.4 Å². The number of rotatable bonds is 5. The third-order valence-electron chi connectivity index (χ3n) is 4.71. The summed E-state index contributed by atoms with van der Waals surface area (Å²) < 4.78 is 30.9. The van der Waals surface area contributed by atoms with Crippen LogP contribution in [0.15, 0.2) is 18.2 Å². The summed E-state index contributed by atoms with van der Waals surface area (Å²) in [7, 11) is -0.169. The quantitative estimate of drug-likeness (QED) is 0.743. The Morgan fingerprint density at radius 1 is 1.38 bits per heavy atom. The highest BCUT2D eigenvalue weighted by atomic mass is 32.2. The maximum Gasteiger partial charge on any atom is 0.319 e. The molecule has 1 aliphatic heterocycles. The van der Waals surface area contributed by atoms with Crippen LogP contribution in [0.3, 0.4) is 0 Å². The van der Waals surface area contributed by atoms with E-state index < -0.39 is 16.1 Å². The fourth-order valence-electron chi connectivity index (χ4n) is 3.03. The van der Waals surface area contributed by atoms with Gasteiger partial charge in [-0.1, -0.05) is 6.92 Å². The highest BCUT2D eigenvalue weighted by Crippen LogP contribution is 2.29. The molecule has 1 heterocycles. The average Bonchev–Trinajstić information content (AvgIpc) is 2.59. The normalized spacial score (nSPS) is 20.0. The molecule has 2 N–H and O–H groups in total. The number of carbonyl (C=O) groups is 2. The third-order valence-corrected chi connectivity index (χ3v) is 5.99. The predicted octanol–water partition coefficient (Wildman–Crippen LogP) is 1.58. The van der Waals surface area contributed by atoms with Gasteiger partial charge in [0.05, 0.1) is 18.4 Å². The molecule has 0 unspecified atom stereocenters. The Kier molecular flexibility index (Phi) is 7.12. The van der Waals surface area contributed by atoms with Crippen molar-refractivity contribution in [2.24, 2.45) is 5.92 Å². The van der Waals surface area contributed by atoms with Gasteiger partial charge in [-0.05, 0) is 32.0 Å². The van der Waals surface area contributed by atoms with Crippen LogP contribution < -0.4 is 15.4 Å². The number of hydrogen-bond donors (Lipinski definition) is 2.